The molecule has 0 radical (unpaired) electrons. The number of rotatable bonds is 8. The van der Waals surface area contributed by atoms with E-state index in [9.17, 15) is 4.79 Å². The van der Waals surface area contributed by atoms with E-state index in [2.05, 4.69) is 36.0 Å². The smallest absolute Gasteiger partial charge is 0.258 e. The number of carbonyl (C=O) groups is 1. The SMILES string of the molecule is COc1cc(OCC(=O)NC(C)C)ccc1-c1nc(Nc2ccc3[nH]ncc3c2)n[nH]1. The summed E-state index contributed by atoms with van der Waals surface area (Å²) in [5.41, 5.74) is 2.51. The first-order chi connectivity index (χ1) is 15.0. The summed E-state index contributed by atoms with van der Waals surface area (Å²) >= 11 is 0. The number of hydrogen-bond donors (Lipinski definition) is 4. The average Bonchev–Trinajstić information content (AvgIpc) is 3.40. The second-order valence-electron chi connectivity index (χ2n) is 7.18. The number of aromatic nitrogens is 5. The Balaban J connectivity index is 1.47. The van der Waals surface area contributed by atoms with Gasteiger partial charge >= 0.3 is 0 Å². The number of benzene rings is 2. The van der Waals surface area contributed by atoms with Crippen molar-refractivity contribution in [2.45, 2.75) is 19.9 Å². The summed E-state index contributed by atoms with van der Waals surface area (Å²) in [6, 6.07) is 11.1. The normalized spacial score (nSPS) is 11.0. The van der Waals surface area contributed by atoms with Gasteiger partial charge in [0.05, 0.1) is 24.4 Å². The van der Waals surface area contributed by atoms with Crippen LogP contribution in [0.25, 0.3) is 22.3 Å². The molecular weight excluding hydrogens is 398 g/mol. The van der Waals surface area contributed by atoms with Crippen molar-refractivity contribution in [3.05, 3.63) is 42.6 Å². The fourth-order valence-electron chi connectivity index (χ4n) is 3.06. The molecule has 0 fully saturated rings. The van der Waals surface area contributed by atoms with Gasteiger partial charge in [0.1, 0.15) is 11.5 Å². The Hall–Kier alpha value is -4.08. The zero-order chi connectivity index (χ0) is 21.8. The lowest BCUT2D eigenvalue weighted by Crippen LogP contribution is -2.34. The summed E-state index contributed by atoms with van der Waals surface area (Å²) < 4.78 is 11.0. The number of hydrogen-bond acceptors (Lipinski definition) is 7. The van der Waals surface area contributed by atoms with Gasteiger partial charge in [-0.05, 0) is 44.2 Å². The Morgan fingerprint density at radius 3 is 2.84 bits per heavy atom. The van der Waals surface area contributed by atoms with Crippen molar-refractivity contribution in [3.8, 4) is 22.9 Å². The number of fused-ring (bicyclic) bond motifs is 1. The van der Waals surface area contributed by atoms with Crippen LogP contribution in [0.3, 0.4) is 0 Å². The first-order valence-corrected chi connectivity index (χ1v) is 9.75. The zero-order valence-electron chi connectivity index (χ0n) is 17.4. The number of nitrogens with zero attached hydrogens (tertiary/aromatic N) is 3. The monoisotopic (exact) mass is 421 g/mol. The lowest BCUT2D eigenvalue weighted by Gasteiger charge is -2.12. The summed E-state index contributed by atoms with van der Waals surface area (Å²) in [6.07, 6.45) is 1.75. The van der Waals surface area contributed by atoms with Gasteiger partial charge in [0, 0.05) is 23.2 Å². The van der Waals surface area contributed by atoms with Crippen LogP contribution in [0.4, 0.5) is 11.6 Å². The van der Waals surface area contributed by atoms with Crippen molar-refractivity contribution < 1.29 is 14.3 Å². The zero-order valence-corrected chi connectivity index (χ0v) is 17.4. The van der Waals surface area contributed by atoms with Crippen LogP contribution in [-0.2, 0) is 4.79 Å². The second kappa shape index (κ2) is 8.74. The van der Waals surface area contributed by atoms with Crippen molar-refractivity contribution in [1.82, 2.24) is 30.7 Å². The molecule has 0 aliphatic heterocycles. The maximum atomic E-state index is 11.8. The number of H-pyrrole nitrogens is 2. The third-order valence-electron chi connectivity index (χ3n) is 4.43. The molecule has 4 rings (SSSR count). The maximum Gasteiger partial charge on any atom is 0.258 e. The number of anilines is 2. The number of ether oxygens (including phenoxy) is 2. The first-order valence-electron chi connectivity index (χ1n) is 9.75. The van der Waals surface area contributed by atoms with Crippen LogP contribution in [0.2, 0.25) is 0 Å². The fraction of sp³-hybridized carbons (Fsp3) is 0.238. The molecule has 0 aliphatic rings. The van der Waals surface area contributed by atoms with E-state index < -0.39 is 0 Å². The fourth-order valence-corrected chi connectivity index (χ4v) is 3.06. The topological polar surface area (TPSA) is 130 Å². The molecular formula is C21H23N7O3. The van der Waals surface area contributed by atoms with E-state index in [0.29, 0.717) is 28.8 Å². The number of carbonyl (C=O) groups excluding carboxylic acids is 1. The number of nitrogens with one attached hydrogen (secondary N) is 4. The van der Waals surface area contributed by atoms with Crippen LogP contribution in [0.1, 0.15) is 13.8 Å². The Morgan fingerprint density at radius 2 is 2.03 bits per heavy atom. The molecule has 0 aliphatic carbocycles. The Labute approximate surface area is 178 Å². The highest BCUT2D eigenvalue weighted by atomic mass is 16.5. The van der Waals surface area contributed by atoms with E-state index >= 15 is 0 Å². The van der Waals surface area contributed by atoms with Gasteiger partial charge in [-0.1, -0.05) is 0 Å². The number of amides is 1. The van der Waals surface area contributed by atoms with E-state index in [0.717, 1.165) is 16.6 Å². The highest BCUT2D eigenvalue weighted by molar-refractivity contribution is 5.82. The van der Waals surface area contributed by atoms with Gasteiger partial charge in [0.2, 0.25) is 5.95 Å². The second-order valence-corrected chi connectivity index (χ2v) is 7.18. The molecule has 0 saturated carbocycles. The molecule has 0 atom stereocenters. The van der Waals surface area contributed by atoms with Crippen molar-refractivity contribution in [2.24, 2.45) is 0 Å². The van der Waals surface area contributed by atoms with Gasteiger partial charge in [-0.15, -0.1) is 5.10 Å². The van der Waals surface area contributed by atoms with Gasteiger partial charge in [0.25, 0.3) is 5.91 Å². The molecule has 0 spiro atoms. The van der Waals surface area contributed by atoms with Gasteiger partial charge in [0.15, 0.2) is 12.4 Å². The van der Waals surface area contributed by atoms with Gasteiger partial charge in [-0.2, -0.15) is 10.1 Å². The summed E-state index contributed by atoms with van der Waals surface area (Å²) in [5, 5.41) is 21.0. The summed E-state index contributed by atoms with van der Waals surface area (Å²) in [7, 11) is 1.56. The minimum absolute atomic E-state index is 0.0591. The Morgan fingerprint density at radius 1 is 1.16 bits per heavy atom. The summed E-state index contributed by atoms with van der Waals surface area (Å²) in [4.78, 5) is 16.3. The third-order valence-corrected chi connectivity index (χ3v) is 4.43. The molecule has 31 heavy (non-hydrogen) atoms. The highest BCUT2D eigenvalue weighted by Crippen LogP contribution is 2.32. The molecule has 0 bridgehead atoms. The van der Waals surface area contributed by atoms with E-state index in [4.69, 9.17) is 9.47 Å². The molecule has 10 heteroatoms. The van der Waals surface area contributed by atoms with Gasteiger partial charge in [-0.25, -0.2) is 0 Å². The van der Waals surface area contributed by atoms with Crippen LogP contribution < -0.4 is 20.1 Å². The predicted octanol–water partition coefficient (Wildman–Crippen LogP) is 3.00. The first kappa shape index (κ1) is 20.2. The molecule has 2 aromatic heterocycles. The van der Waals surface area contributed by atoms with E-state index in [1.165, 1.54) is 0 Å². The van der Waals surface area contributed by atoms with Crippen LogP contribution in [0.15, 0.2) is 42.6 Å². The quantitative estimate of drug-likeness (QED) is 0.344. The largest absolute Gasteiger partial charge is 0.496 e. The Kier molecular flexibility index (Phi) is 5.69. The van der Waals surface area contributed by atoms with Crippen molar-refractivity contribution >= 4 is 28.4 Å². The van der Waals surface area contributed by atoms with E-state index in [1.807, 2.05) is 32.0 Å². The number of methoxy groups -OCH3 is 1. The van der Waals surface area contributed by atoms with Gasteiger partial charge in [-0.3, -0.25) is 15.0 Å². The lowest BCUT2D eigenvalue weighted by atomic mass is 10.2. The predicted molar refractivity (Wildman–Crippen MR) is 117 cm³/mol. The van der Waals surface area contributed by atoms with Crippen LogP contribution in [0.5, 0.6) is 11.5 Å². The minimum Gasteiger partial charge on any atom is -0.496 e. The summed E-state index contributed by atoms with van der Waals surface area (Å²) in [6.45, 7) is 3.72. The number of aromatic amines is 2. The molecule has 160 valence electrons. The molecule has 1 amide bonds. The van der Waals surface area contributed by atoms with Crippen molar-refractivity contribution in [1.29, 1.82) is 0 Å². The molecule has 4 N–H and O–H groups in total. The van der Waals surface area contributed by atoms with Crippen LogP contribution in [-0.4, -0.2) is 51.0 Å². The lowest BCUT2D eigenvalue weighted by molar-refractivity contribution is -0.123. The molecule has 0 saturated heterocycles. The maximum absolute atomic E-state index is 11.8. The standard InChI is InChI=1S/C21H23N7O3/c1-12(2)23-19(29)11-31-15-5-6-16(18(9-15)30-3)20-25-21(28-27-20)24-14-4-7-17-13(8-14)10-22-26-17/h4-10,12H,11H2,1-3H3,(H,22,26)(H,23,29)(H2,24,25,27,28). The Bertz CT molecular complexity index is 1200. The molecule has 4 aromatic rings. The van der Waals surface area contributed by atoms with Crippen molar-refractivity contribution in [3.63, 3.8) is 0 Å². The van der Waals surface area contributed by atoms with E-state index in [1.54, 1.807) is 31.5 Å². The molecule has 10 nitrogen and oxygen atoms in total. The van der Waals surface area contributed by atoms with Gasteiger partial charge < -0.3 is 20.1 Å². The summed E-state index contributed by atoms with van der Waals surface area (Å²) in [5.74, 6) is 1.84. The van der Waals surface area contributed by atoms with E-state index in [-0.39, 0.29) is 18.6 Å². The van der Waals surface area contributed by atoms with Crippen molar-refractivity contribution in [2.75, 3.05) is 19.0 Å². The molecule has 0 unspecified atom stereocenters. The highest BCUT2D eigenvalue weighted by Gasteiger charge is 2.13. The average molecular weight is 421 g/mol. The molecule has 2 heterocycles. The van der Waals surface area contributed by atoms with Crippen LogP contribution >= 0.6 is 0 Å². The van der Waals surface area contributed by atoms with Crippen LogP contribution in [0, 0.1) is 0 Å². The minimum atomic E-state index is -0.183. The molecule has 2 aromatic carbocycles. The third kappa shape index (κ3) is 4.74.